The molecule has 6 nitrogen and oxygen atoms in total. The van der Waals surface area contributed by atoms with Crippen LogP contribution in [0.4, 0.5) is 0 Å². The van der Waals surface area contributed by atoms with Crippen molar-refractivity contribution < 1.29 is 19.7 Å². The minimum atomic E-state index is -0.447. The van der Waals surface area contributed by atoms with Crippen LogP contribution in [0.2, 0.25) is 0 Å². The van der Waals surface area contributed by atoms with Crippen molar-refractivity contribution in [2.75, 3.05) is 26.9 Å². The van der Waals surface area contributed by atoms with Gasteiger partial charge >= 0.3 is 0 Å². The molecular weight excluding hydrogens is 212 g/mol. The Morgan fingerprint density at radius 1 is 1.12 bits per heavy atom. The molecule has 0 aliphatic rings. The molecule has 0 aromatic rings. The topological polar surface area (TPSA) is 97.0 Å². The predicted octanol–water partition coefficient (Wildman–Crippen LogP) is -0.751. The van der Waals surface area contributed by atoms with Gasteiger partial charge in [0.2, 0.25) is 0 Å². The van der Waals surface area contributed by atoms with E-state index < -0.39 is 6.10 Å². The molecule has 0 aromatic carbocycles. The molecule has 0 aliphatic carbocycles. The van der Waals surface area contributed by atoms with Crippen LogP contribution >= 0.6 is 0 Å². The molecule has 0 radical (unpaired) electrons. The Bertz CT molecular complexity index is 136. The fourth-order valence-corrected chi connectivity index (χ4v) is 0.704. The van der Waals surface area contributed by atoms with Crippen molar-refractivity contribution in [1.82, 2.24) is 5.43 Å². The maximum atomic E-state index is 8.92. The molecule has 0 aliphatic heterocycles. The summed E-state index contributed by atoms with van der Waals surface area (Å²) in [5.74, 6) is 4.60. The lowest BCUT2D eigenvalue weighted by Crippen LogP contribution is -2.24. The number of nitrogens with two attached hydrogens (primary N) is 1. The lowest BCUT2D eigenvalue weighted by atomic mass is 10.4. The zero-order chi connectivity index (χ0) is 13.0. The summed E-state index contributed by atoms with van der Waals surface area (Å²) < 4.78 is 10.5. The van der Waals surface area contributed by atoms with E-state index in [0.717, 1.165) is 0 Å². The van der Waals surface area contributed by atoms with Gasteiger partial charge in [0.05, 0.1) is 38.1 Å². The first-order valence-corrected chi connectivity index (χ1v) is 5.37. The van der Waals surface area contributed by atoms with Gasteiger partial charge in [-0.3, -0.25) is 11.3 Å². The Labute approximate surface area is 97.7 Å². The number of hydrazine groups is 1. The minimum Gasteiger partial charge on any atom is -0.394 e. The molecule has 0 rings (SSSR count). The lowest BCUT2D eigenvalue weighted by Gasteiger charge is -2.16. The SMILES string of the molecule is CC(O)COC(C)COC(C)CO.CNN. The Kier molecular flexibility index (Phi) is 14.5. The van der Waals surface area contributed by atoms with Crippen molar-refractivity contribution >= 4 is 0 Å². The molecule has 3 unspecified atom stereocenters. The fourth-order valence-electron chi connectivity index (χ4n) is 0.704. The normalized spacial score (nSPS) is 15.9. The summed E-state index contributed by atoms with van der Waals surface area (Å²) in [7, 11) is 1.65. The smallest absolute Gasteiger partial charge is 0.0781 e. The van der Waals surface area contributed by atoms with Gasteiger partial charge in [-0.1, -0.05) is 0 Å². The fraction of sp³-hybridized carbons (Fsp3) is 1.00. The molecule has 100 valence electrons. The van der Waals surface area contributed by atoms with Gasteiger partial charge in [-0.25, -0.2) is 0 Å². The highest BCUT2D eigenvalue weighted by atomic mass is 16.5. The summed E-state index contributed by atoms with van der Waals surface area (Å²) in [6, 6.07) is 0. The summed E-state index contributed by atoms with van der Waals surface area (Å²) in [5, 5.41) is 17.6. The van der Waals surface area contributed by atoms with Gasteiger partial charge in [-0.05, 0) is 27.8 Å². The minimum absolute atomic E-state index is 0.0170. The molecular formula is C10H26N2O4. The predicted molar refractivity (Wildman–Crippen MR) is 62.8 cm³/mol. The number of hydrogen-bond donors (Lipinski definition) is 4. The summed E-state index contributed by atoms with van der Waals surface area (Å²) in [6.07, 6.45) is -0.654. The van der Waals surface area contributed by atoms with Crippen LogP contribution in [0.3, 0.4) is 0 Å². The van der Waals surface area contributed by atoms with Crippen LogP contribution in [0.25, 0.3) is 0 Å². The number of aliphatic hydroxyl groups excluding tert-OH is 2. The van der Waals surface area contributed by atoms with Crippen molar-refractivity contribution in [2.45, 2.75) is 39.1 Å². The van der Waals surface area contributed by atoms with E-state index in [1.54, 1.807) is 20.9 Å². The van der Waals surface area contributed by atoms with Gasteiger partial charge in [-0.2, -0.15) is 0 Å². The number of aliphatic hydroxyl groups is 2. The van der Waals surface area contributed by atoms with E-state index in [0.29, 0.717) is 13.2 Å². The van der Waals surface area contributed by atoms with E-state index >= 15 is 0 Å². The highest BCUT2D eigenvalue weighted by Gasteiger charge is 2.06. The highest BCUT2D eigenvalue weighted by molar-refractivity contribution is 4.52. The largest absolute Gasteiger partial charge is 0.394 e. The molecule has 0 saturated carbocycles. The first kappa shape index (κ1) is 18.1. The zero-order valence-electron chi connectivity index (χ0n) is 10.6. The molecule has 0 fully saturated rings. The lowest BCUT2D eigenvalue weighted by molar-refractivity contribution is -0.0620. The molecule has 3 atom stereocenters. The summed E-state index contributed by atoms with van der Waals surface area (Å²) in [4.78, 5) is 0. The monoisotopic (exact) mass is 238 g/mol. The van der Waals surface area contributed by atoms with Crippen LogP contribution in [0.15, 0.2) is 0 Å². The molecule has 0 spiro atoms. The van der Waals surface area contributed by atoms with E-state index in [9.17, 15) is 0 Å². The van der Waals surface area contributed by atoms with Crippen LogP contribution in [-0.4, -0.2) is 55.4 Å². The van der Waals surface area contributed by atoms with Crippen molar-refractivity contribution in [1.29, 1.82) is 0 Å². The molecule has 0 aromatic heterocycles. The zero-order valence-corrected chi connectivity index (χ0v) is 10.6. The average molecular weight is 238 g/mol. The molecule has 16 heavy (non-hydrogen) atoms. The summed E-state index contributed by atoms with van der Waals surface area (Å²) in [5.41, 5.74) is 2.25. The molecule has 6 heteroatoms. The van der Waals surface area contributed by atoms with Gasteiger partial charge < -0.3 is 19.7 Å². The van der Waals surface area contributed by atoms with Gasteiger partial charge in [0.25, 0.3) is 0 Å². The van der Waals surface area contributed by atoms with Crippen LogP contribution in [0, 0.1) is 0 Å². The molecule has 0 heterocycles. The number of ether oxygens (including phenoxy) is 2. The van der Waals surface area contributed by atoms with E-state index in [2.05, 4.69) is 11.3 Å². The molecule has 5 N–H and O–H groups in total. The first-order chi connectivity index (χ1) is 7.47. The van der Waals surface area contributed by atoms with Crippen molar-refractivity contribution in [3.63, 3.8) is 0 Å². The molecule has 0 bridgehead atoms. The number of nitrogens with one attached hydrogen (secondary N) is 1. The van der Waals surface area contributed by atoms with Gasteiger partial charge in [0.15, 0.2) is 0 Å². The quantitative estimate of drug-likeness (QED) is 0.344. The highest BCUT2D eigenvalue weighted by Crippen LogP contribution is 1.97. The first-order valence-electron chi connectivity index (χ1n) is 5.37. The Hall–Kier alpha value is -0.240. The number of rotatable bonds is 7. The van der Waals surface area contributed by atoms with Crippen LogP contribution in [-0.2, 0) is 9.47 Å². The Morgan fingerprint density at radius 2 is 1.56 bits per heavy atom. The van der Waals surface area contributed by atoms with Crippen molar-refractivity contribution in [2.24, 2.45) is 5.84 Å². The van der Waals surface area contributed by atoms with E-state index in [1.807, 2.05) is 6.92 Å². The van der Waals surface area contributed by atoms with Crippen LogP contribution < -0.4 is 11.3 Å². The second-order valence-corrected chi connectivity index (χ2v) is 3.61. The maximum absolute atomic E-state index is 8.92. The average Bonchev–Trinajstić information content (AvgIpc) is 2.24. The maximum Gasteiger partial charge on any atom is 0.0781 e. The van der Waals surface area contributed by atoms with Crippen LogP contribution in [0.5, 0.6) is 0 Å². The third-order valence-corrected chi connectivity index (χ3v) is 1.49. The van der Waals surface area contributed by atoms with Crippen LogP contribution in [0.1, 0.15) is 20.8 Å². The second kappa shape index (κ2) is 12.8. The van der Waals surface area contributed by atoms with E-state index in [-0.39, 0.29) is 18.8 Å². The van der Waals surface area contributed by atoms with Crippen molar-refractivity contribution in [3.05, 3.63) is 0 Å². The van der Waals surface area contributed by atoms with E-state index in [1.165, 1.54) is 0 Å². The van der Waals surface area contributed by atoms with Gasteiger partial charge in [-0.15, -0.1) is 0 Å². The summed E-state index contributed by atoms with van der Waals surface area (Å²) >= 11 is 0. The molecule has 0 amide bonds. The standard InChI is InChI=1S/C9H20O4.CH6N2/c1-7(11)5-12-9(3)6-13-8(2)4-10;1-3-2/h7-11H,4-6H2,1-3H3;3H,2H2,1H3. The number of hydrogen-bond acceptors (Lipinski definition) is 6. The summed E-state index contributed by atoms with van der Waals surface area (Å²) in [6.45, 7) is 6.10. The Morgan fingerprint density at radius 3 is 1.94 bits per heavy atom. The van der Waals surface area contributed by atoms with Gasteiger partial charge in [0.1, 0.15) is 0 Å². The van der Waals surface area contributed by atoms with Gasteiger partial charge in [0, 0.05) is 0 Å². The third kappa shape index (κ3) is 16.2. The Balaban J connectivity index is 0. The second-order valence-electron chi connectivity index (χ2n) is 3.61. The van der Waals surface area contributed by atoms with Crippen molar-refractivity contribution in [3.8, 4) is 0 Å². The molecule has 0 saturated heterocycles. The third-order valence-electron chi connectivity index (χ3n) is 1.49. The van der Waals surface area contributed by atoms with E-state index in [4.69, 9.17) is 19.7 Å².